The van der Waals surface area contributed by atoms with Gasteiger partial charge in [-0.1, -0.05) is 19.0 Å². The molecule has 1 aromatic rings. The molecule has 1 fully saturated rings. The number of nitrogens with two attached hydrogens (primary N) is 1. The third kappa shape index (κ3) is 4.19. The van der Waals surface area contributed by atoms with Crippen LogP contribution in [0.4, 0.5) is 5.88 Å². The quantitative estimate of drug-likeness (QED) is 0.882. The van der Waals surface area contributed by atoms with Crippen molar-refractivity contribution < 1.29 is 9.32 Å². The Morgan fingerprint density at radius 3 is 2.90 bits per heavy atom. The van der Waals surface area contributed by atoms with Crippen LogP contribution in [0.2, 0.25) is 0 Å². The van der Waals surface area contributed by atoms with E-state index in [0.29, 0.717) is 12.4 Å². The van der Waals surface area contributed by atoms with E-state index in [1.165, 1.54) is 0 Å². The van der Waals surface area contributed by atoms with Gasteiger partial charge in [-0.05, 0) is 18.8 Å². The molecule has 1 unspecified atom stereocenters. The summed E-state index contributed by atoms with van der Waals surface area (Å²) >= 11 is 0. The Kier molecular flexibility index (Phi) is 5.56. The summed E-state index contributed by atoms with van der Waals surface area (Å²) in [6.07, 6.45) is 0.918. The van der Waals surface area contributed by atoms with E-state index >= 15 is 0 Å². The van der Waals surface area contributed by atoms with Crippen LogP contribution in [-0.4, -0.2) is 41.6 Å². The van der Waals surface area contributed by atoms with Crippen molar-refractivity contribution in [1.82, 2.24) is 10.1 Å². The largest absolute Gasteiger partial charge is 0.338 e. The first-order chi connectivity index (χ1) is 8.87. The van der Waals surface area contributed by atoms with E-state index in [4.69, 9.17) is 10.3 Å². The lowest BCUT2D eigenvalue weighted by Gasteiger charge is -2.42. The molecule has 114 valence electrons. The number of hydrogen-bond acceptors (Lipinski definition) is 5. The summed E-state index contributed by atoms with van der Waals surface area (Å²) in [4.78, 5) is 14.0. The zero-order chi connectivity index (χ0) is 14.0. The van der Waals surface area contributed by atoms with E-state index in [1.54, 1.807) is 6.07 Å². The molecule has 1 atom stereocenters. The van der Waals surface area contributed by atoms with Crippen LogP contribution in [0.3, 0.4) is 0 Å². The molecule has 0 bridgehead atoms. The van der Waals surface area contributed by atoms with Crippen LogP contribution in [0.25, 0.3) is 0 Å². The predicted octanol–water partition coefficient (Wildman–Crippen LogP) is 1.40. The zero-order valence-corrected chi connectivity index (χ0v) is 13.0. The lowest BCUT2D eigenvalue weighted by molar-refractivity contribution is -0.118. The second-order valence-electron chi connectivity index (χ2n) is 5.98. The maximum Gasteiger partial charge on any atom is 0.240 e. The highest BCUT2D eigenvalue weighted by atomic mass is 35.5. The molecule has 0 spiro atoms. The Balaban J connectivity index is 0.00000200. The molecule has 1 aromatic heterocycles. The minimum absolute atomic E-state index is 0. The third-order valence-electron chi connectivity index (χ3n) is 3.65. The van der Waals surface area contributed by atoms with Crippen LogP contribution < -0.4 is 11.1 Å². The molecule has 7 heteroatoms. The summed E-state index contributed by atoms with van der Waals surface area (Å²) < 4.78 is 4.96. The lowest BCUT2D eigenvalue weighted by Crippen LogP contribution is -2.53. The summed E-state index contributed by atoms with van der Waals surface area (Å²) in [6.45, 7) is 8.14. The van der Waals surface area contributed by atoms with Gasteiger partial charge in [-0.2, -0.15) is 0 Å². The monoisotopic (exact) mass is 302 g/mol. The van der Waals surface area contributed by atoms with E-state index in [2.05, 4.69) is 29.2 Å². The van der Waals surface area contributed by atoms with Crippen molar-refractivity contribution in [3.63, 3.8) is 0 Å². The first-order valence-electron chi connectivity index (χ1n) is 6.58. The standard InChI is InChI=1S/C13H22N4O2.ClH/c1-9-6-12(19-16-9)15-11(18)7-17-5-4-10(14)13(2,3)8-17;/h6,10H,4-5,7-8,14H2,1-3H3,(H,15,18);1H. The molecule has 0 saturated carbocycles. The summed E-state index contributed by atoms with van der Waals surface area (Å²) in [6, 6.07) is 1.90. The molecule has 6 nitrogen and oxygen atoms in total. The van der Waals surface area contributed by atoms with Gasteiger partial charge in [0.1, 0.15) is 0 Å². The molecule has 1 saturated heterocycles. The Morgan fingerprint density at radius 2 is 2.35 bits per heavy atom. The summed E-state index contributed by atoms with van der Waals surface area (Å²) in [5, 5.41) is 6.44. The van der Waals surface area contributed by atoms with Gasteiger partial charge in [0.05, 0.1) is 12.2 Å². The number of halogens is 1. The van der Waals surface area contributed by atoms with Crippen molar-refractivity contribution in [1.29, 1.82) is 0 Å². The van der Waals surface area contributed by atoms with Crippen molar-refractivity contribution >= 4 is 24.2 Å². The molecule has 3 N–H and O–H groups in total. The number of carbonyl (C=O) groups excluding carboxylic acids is 1. The Bertz CT molecular complexity index is 461. The maximum absolute atomic E-state index is 11.9. The number of amides is 1. The van der Waals surface area contributed by atoms with Crippen molar-refractivity contribution in [2.24, 2.45) is 11.1 Å². The number of nitrogens with zero attached hydrogens (tertiary/aromatic N) is 2. The fourth-order valence-corrected chi connectivity index (χ4v) is 2.42. The average Bonchev–Trinajstić information content (AvgIpc) is 2.69. The fraction of sp³-hybridized carbons (Fsp3) is 0.692. The van der Waals surface area contributed by atoms with Gasteiger partial charge >= 0.3 is 0 Å². The molecule has 1 aliphatic rings. The van der Waals surface area contributed by atoms with E-state index in [9.17, 15) is 4.79 Å². The van der Waals surface area contributed by atoms with Gasteiger partial charge < -0.3 is 10.3 Å². The number of nitrogens with one attached hydrogen (secondary N) is 1. The SMILES string of the molecule is Cc1cc(NC(=O)CN2CCC(N)C(C)(C)C2)on1.Cl. The molecular weight excluding hydrogens is 280 g/mol. The van der Waals surface area contributed by atoms with Gasteiger partial charge in [0.15, 0.2) is 0 Å². The highest BCUT2D eigenvalue weighted by molar-refractivity contribution is 5.90. The third-order valence-corrected chi connectivity index (χ3v) is 3.65. The minimum Gasteiger partial charge on any atom is -0.338 e. The van der Waals surface area contributed by atoms with Crippen molar-refractivity contribution in [2.45, 2.75) is 33.2 Å². The van der Waals surface area contributed by atoms with Crippen LogP contribution in [-0.2, 0) is 4.79 Å². The van der Waals surface area contributed by atoms with Gasteiger partial charge in [-0.25, -0.2) is 0 Å². The minimum atomic E-state index is -0.0811. The summed E-state index contributed by atoms with van der Waals surface area (Å²) in [5.41, 5.74) is 6.87. The summed E-state index contributed by atoms with van der Waals surface area (Å²) in [7, 11) is 0. The lowest BCUT2D eigenvalue weighted by atomic mass is 9.80. The Hall–Kier alpha value is -1.11. The normalized spacial score (nSPS) is 22.1. The number of piperidine rings is 1. The Labute approximate surface area is 125 Å². The van der Waals surface area contributed by atoms with E-state index in [1.807, 2.05) is 6.92 Å². The van der Waals surface area contributed by atoms with Gasteiger partial charge in [0, 0.05) is 25.2 Å². The number of likely N-dealkylation sites (tertiary alicyclic amines) is 1. The van der Waals surface area contributed by atoms with Crippen LogP contribution >= 0.6 is 12.4 Å². The van der Waals surface area contributed by atoms with Crippen LogP contribution in [0.15, 0.2) is 10.6 Å². The van der Waals surface area contributed by atoms with Gasteiger partial charge in [0.2, 0.25) is 11.8 Å². The Morgan fingerprint density at radius 1 is 1.65 bits per heavy atom. The molecule has 20 heavy (non-hydrogen) atoms. The number of carbonyl (C=O) groups is 1. The fourth-order valence-electron chi connectivity index (χ4n) is 2.42. The second-order valence-corrected chi connectivity index (χ2v) is 5.98. The van der Waals surface area contributed by atoms with Crippen LogP contribution in [0.5, 0.6) is 0 Å². The van der Waals surface area contributed by atoms with Gasteiger partial charge in [0.25, 0.3) is 0 Å². The van der Waals surface area contributed by atoms with Crippen LogP contribution in [0, 0.1) is 12.3 Å². The number of anilines is 1. The van der Waals surface area contributed by atoms with E-state index in [-0.39, 0.29) is 29.8 Å². The van der Waals surface area contributed by atoms with E-state index in [0.717, 1.165) is 25.2 Å². The molecule has 0 aliphatic carbocycles. The first-order valence-corrected chi connectivity index (χ1v) is 6.58. The molecule has 1 aliphatic heterocycles. The smallest absolute Gasteiger partial charge is 0.240 e. The van der Waals surface area contributed by atoms with Crippen LogP contribution in [0.1, 0.15) is 26.0 Å². The predicted molar refractivity (Wildman–Crippen MR) is 79.9 cm³/mol. The maximum atomic E-state index is 11.9. The molecule has 2 rings (SSSR count). The van der Waals surface area contributed by atoms with E-state index < -0.39 is 0 Å². The van der Waals surface area contributed by atoms with Crippen molar-refractivity contribution in [3.8, 4) is 0 Å². The number of aromatic nitrogens is 1. The highest BCUT2D eigenvalue weighted by Gasteiger charge is 2.33. The average molecular weight is 303 g/mol. The zero-order valence-electron chi connectivity index (χ0n) is 12.2. The van der Waals surface area contributed by atoms with Gasteiger partial charge in [-0.15, -0.1) is 12.4 Å². The second kappa shape index (κ2) is 6.56. The molecule has 0 aromatic carbocycles. The van der Waals surface area contributed by atoms with Crippen molar-refractivity contribution in [3.05, 3.63) is 11.8 Å². The van der Waals surface area contributed by atoms with Crippen molar-refractivity contribution in [2.75, 3.05) is 25.0 Å². The number of hydrogen-bond donors (Lipinski definition) is 2. The molecule has 2 heterocycles. The molecular formula is C13H23ClN4O2. The number of aryl methyl sites for hydroxylation is 1. The number of rotatable bonds is 3. The molecule has 0 radical (unpaired) electrons. The topological polar surface area (TPSA) is 84.4 Å². The highest BCUT2D eigenvalue weighted by Crippen LogP contribution is 2.27. The summed E-state index contributed by atoms with van der Waals surface area (Å²) in [5.74, 6) is 0.317. The first kappa shape index (κ1) is 16.9. The molecule has 1 amide bonds. The van der Waals surface area contributed by atoms with Gasteiger partial charge in [-0.3, -0.25) is 15.0 Å².